The van der Waals surface area contributed by atoms with E-state index in [1.807, 2.05) is 13.8 Å². The van der Waals surface area contributed by atoms with Gasteiger partial charge in [0.15, 0.2) is 0 Å². The van der Waals surface area contributed by atoms with Gasteiger partial charge in [-0.05, 0) is 43.5 Å². The predicted molar refractivity (Wildman–Crippen MR) is 106 cm³/mol. The van der Waals surface area contributed by atoms with Crippen molar-refractivity contribution < 1.29 is 9.18 Å². The number of nitrogens with zero attached hydrogens (tertiary/aromatic N) is 3. The van der Waals surface area contributed by atoms with E-state index in [1.165, 1.54) is 34.4 Å². The first-order valence-electron chi connectivity index (χ1n) is 8.90. The van der Waals surface area contributed by atoms with Crippen molar-refractivity contribution in [2.45, 2.75) is 39.8 Å². The second kappa shape index (κ2) is 7.60. The van der Waals surface area contributed by atoms with Crippen molar-refractivity contribution in [3.63, 3.8) is 0 Å². The Morgan fingerprint density at radius 2 is 1.96 bits per heavy atom. The molecule has 0 saturated heterocycles. The molecule has 0 aliphatic carbocycles. The fourth-order valence-electron chi connectivity index (χ4n) is 3.31. The van der Waals surface area contributed by atoms with Crippen LogP contribution in [0.5, 0.6) is 0 Å². The van der Waals surface area contributed by atoms with E-state index in [0.29, 0.717) is 33.6 Å². The van der Waals surface area contributed by atoms with Crippen molar-refractivity contribution in [1.29, 1.82) is 0 Å². The Labute approximate surface area is 161 Å². The summed E-state index contributed by atoms with van der Waals surface area (Å²) in [4.78, 5) is 32.9. The minimum atomic E-state index is -0.304. The lowest BCUT2D eigenvalue weighted by Crippen LogP contribution is -2.31. The lowest BCUT2D eigenvalue weighted by molar-refractivity contribution is 0.0730. The third kappa shape index (κ3) is 3.39. The molecule has 0 radical (unpaired) electrons. The minimum Gasteiger partial charge on any atom is -0.334 e. The van der Waals surface area contributed by atoms with Crippen LogP contribution in [0, 0.1) is 12.7 Å². The number of carbonyl (C=O) groups excluding carboxylic acids is 1. The topological polar surface area (TPSA) is 55.2 Å². The van der Waals surface area contributed by atoms with E-state index < -0.39 is 0 Å². The summed E-state index contributed by atoms with van der Waals surface area (Å²) in [6.45, 7) is 6.19. The van der Waals surface area contributed by atoms with Gasteiger partial charge in [-0.1, -0.05) is 19.1 Å². The molecule has 0 unspecified atom stereocenters. The van der Waals surface area contributed by atoms with E-state index in [4.69, 9.17) is 0 Å². The van der Waals surface area contributed by atoms with Crippen LogP contribution in [0.25, 0.3) is 10.2 Å². The second-order valence-corrected chi connectivity index (χ2v) is 7.46. The molecule has 0 N–H and O–H groups in total. The number of benzene rings is 1. The Balaban J connectivity index is 2.01. The highest BCUT2D eigenvalue weighted by molar-refractivity contribution is 7.20. The van der Waals surface area contributed by atoms with Gasteiger partial charge >= 0.3 is 0 Å². The number of aryl methyl sites for hydroxylation is 2. The van der Waals surface area contributed by atoms with Gasteiger partial charge in [-0.3, -0.25) is 14.2 Å². The average Bonchev–Trinajstić information content (AvgIpc) is 3.00. The van der Waals surface area contributed by atoms with Crippen LogP contribution in [0.15, 0.2) is 35.4 Å². The smallest absolute Gasteiger partial charge is 0.264 e. The molecule has 2 aromatic heterocycles. The van der Waals surface area contributed by atoms with Gasteiger partial charge in [-0.2, -0.15) is 0 Å². The number of aromatic nitrogens is 2. The first-order valence-corrected chi connectivity index (χ1v) is 9.71. The van der Waals surface area contributed by atoms with Crippen LogP contribution in [-0.4, -0.2) is 27.4 Å². The quantitative estimate of drug-likeness (QED) is 0.661. The van der Waals surface area contributed by atoms with Crippen LogP contribution in [-0.2, 0) is 6.54 Å². The number of halogens is 1. The van der Waals surface area contributed by atoms with Crippen LogP contribution in [0.3, 0.4) is 0 Å². The van der Waals surface area contributed by atoms with Crippen molar-refractivity contribution >= 4 is 27.5 Å². The molecule has 1 amide bonds. The van der Waals surface area contributed by atoms with Crippen LogP contribution in [0.2, 0.25) is 0 Å². The lowest BCUT2D eigenvalue weighted by atomic mass is 10.0. The van der Waals surface area contributed by atoms with Gasteiger partial charge in [0.25, 0.3) is 11.5 Å². The Morgan fingerprint density at radius 1 is 1.30 bits per heavy atom. The number of carbonyl (C=O) groups is 1. The largest absolute Gasteiger partial charge is 0.334 e. The molecular formula is C20H22FN3O2S. The van der Waals surface area contributed by atoms with Crippen molar-refractivity contribution in [1.82, 2.24) is 14.5 Å². The molecule has 27 heavy (non-hydrogen) atoms. The van der Waals surface area contributed by atoms with E-state index >= 15 is 0 Å². The summed E-state index contributed by atoms with van der Waals surface area (Å²) in [6.07, 6.45) is 2.21. The molecule has 0 bridgehead atoms. The molecule has 0 aliphatic rings. The highest BCUT2D eigenvalue weighted by Crippen LogP contribution is 2.31. The second-order valence-electron chi connectivity index (χ2n) is 6.46. The number of amides is 1. The van der Waals surface area contributed by atoms with Gasteiger partial charge in [0.2, 0.25) is 0 Å². The summed E-state index contributed by atoms with van der Waals surface area (Å²) in [5.41, 5.74) is 1.42. The number of hydrogen-bond donors (Lipinski definition) is 0. The molecular weight excluding hydrogens is 365 g/mol. The monoisotopic (exact) mass is 387 g/mol. The Kier molecular flexibility index (Phi) is 5.41. The maximum Gasteiger partial charge on any atom is 0.264 e. The third-order valence-electron chi connectivity index (χ3n) is 4.88. The Hall–Kier alpha value is -2.54. The fraction of sp³-hybridized carbons (Fsp3) is 0.350. The van der Waals surface area contributed by atoms with Gasteiger partial charge < -0.3 is 4.90 Å². The van der Waals surface area contributed by atoms with E-state index in [9.17, 15) is 14.0 Å². The SMILES string of the molecule is CC[C@@H](c1ccc(F)cc1)N(C)C(=O)c1sc2ncn(CC)c(=O)c2c1C. The maximum atomic E-state index is 13.2. The van der Waals surface area contributed by atoms with Gasteiger partial charge in [0, 0.05) is 13.6 Å². The zero-order valence-corrected chi connectivity index (χ0v) is 16.6. The molecule has 0 aliphatic heterocycles. The summed E-state index contributed by atoms with van der Waals surface area (Å²) in [5.74, 6) is -0.463. The van der Waals surface area contributed by atoms with Crippen LogP contribution in [0.1, 0.15) is 47.1 Å². The number of thiophene rings is 1. The molecule has 1 atom stereocenters. The highest BCUT2D eigenvalue weighted by Gasteiger charge is 2.26. The Morgan fingerprint density at radius 3 is 2.56 bits per heavy atom. The van der Waals surface area contributed by atoms with Crippen molar-refractivity contribution in [3.8, 4) is 0 Å². The van der Waals surface area contributed by atoms with Crippen LogP contribution >= 0.6 is 11.3 Å². The summed E-state index contributed by atoms with van der Waals surface area (Å²) < 4.78 is 14.8. The maximum absolute atomic E-state index is 13.2. The first kappa shape index (κ1) is 19.2. The van der Waals surface area contributed by atoms with Crippen LogP contribution in [0.4, 0.5) is 4.39 Å². The zero-order valence-electron chi connectivity index (χ0n) is 15.8. The molecule has 2 heterocycles. The summed E-state index contributed by atoms with van der Waals surface area (Å²) >= 11 is 1.24. The molecule has 142 valence electrons. The van der Waals surface area contributed by atoms with E-state index in [-0.39, 0.29) is 23.3 Å². The van der Waals surface area contributed by atoms with Gasteiger partial charge in [0.1, 0.15) is 10.6 Å². The van der Waals surface area contributed by atoms with Gasteiger partial charge in [-0.15, -0.1) is 11.3 Å². The van der Waals surface area contributed by atoms with E-state index in [0.717, 1.165) is 5.56 Å². The first-order chi connectivity index (χ1) is 12.9. The number of fused-ring (bicyclic) bond motifs is 1. The van der Waals surface area contributed by atoms with Crippen LogP contribution < -0.4 is 5.56 Å². The molecule has 5 nitrogen and oxygen atoms in total. The number of rotatable bonds is 5. The van der Waals surface area contributed by atoms with Crippen molar-refractivity contribution in [2.75, 3.05) is 7.05 Å². The van der Waals surface area contributed by atoms with Crippen molar-refractivity contribution in [2.24, 2.45) is 0 Å². The standard InChI is InChI=1S/C20H22FN3O2S/c1-5-15(13-7-9-14(21)10-8-13)23(4)20(26)17-12(3)16-18(27-17)22-11-24(6-2)19(16)25/h7-11,15H,5-6H2,1-4H3/t15-/m0/s1. The summed E-state index contributed by atoms with van der Waals surface area (Å²) in [6, 6.07) is 6.03. The minimum absolute atomic E-state index is 0.122. The number of hydrogen-bond acceptors (Lipinski definition) is 4. The molecule has 0 saturated carbocycles. The molecule has 7 heteroatoms. The van der Waals surface area contributed by atoms with E-state index in [1.54, 1.807) is 31.0 Å². The van der Waals surface area contributed by atoms with Crippen molar-refractivity contribution in [3.05, 3.63) is 62.8 Å². The molecule has 0 fully saturated rings. The molecule has 0 spiro atoms. The fourth-order valence-corrected chi connectivity index (χ4v) is 4.43. The molecule has 3 aromatic rings. The Bertz CT molecular complexity index is 1040. The lowest BCUT2D eigenvalue weighted by Gasteiger charge is -2.27. The summed E-state index contributed by atoms with van der Waals surface area (Å²) in [5, 5.41) is 0.510. The summed E-state index contributed by atoms with van der Waals surface area (Å²) in [7, 11) is 1.74. The zero-order chi connectivity index (χ0) is 19.7. The normalized spacial score (nSPS) is 12.3. The molecule has 1 aromatic carbocycles. The highest BCUT2D eigenvalue weighted by atomic mass is 32.1. The third-order valence-corrected chi connectivity index (χ3v) is 6.07. The van der Waals surface area contributed by atoms with Gasteiger partial charge in [-0.25, -0.2) is 9.37 Å². The molecule has 3 rings (SSSR count). The van der Waals surface area contributed by atoms with E-state index in [2.05, 4.69) is 4.98 Å². The van der Waals surface area contributed by atoms with Gasteiger partial charge in [0.05, 0.1) is 22.6 Å². The predicted octanol–water partition coefficient (Wildman–Crippen LogP) is 4.15. The average molecular weight is 387 g/mol.